The second-order valence-corrected chi connectivity index (χ2v) is 10.4. The van der Waals surface area contributed by atoms with Crippen LogP contribution in [0, 0.1) is 6.92 Å². The zero-order valence-corrected chi connectivity index (χ0v) is 21.6. The Morgan fingerprint density at radius 2 is 1.34 bits per heavy atom. The van der Waals surface area contributed by atoms with E-state index in [0.717, 1.165) is 10.5 Å². The molecule has 4 aromatic rings. The van der Waals surface area contributed by atoms with Gasteiger partial charge in [0.15, 0.2) is 11.6 Å². The van der Waals surface area contributed by atoms with Crippen LogP contribution in [-0.4, -0.2) is 28.6 Å². The van der Waals surface area contributed by atoms with Gasteiger partial charge in [-0.25, -0.2) is 0 Å². The Bertz CT molecular complexity index is 1580. The molecule has 1 atom stereocenters. The Morgan fingerprint density at radius 1 is 0.711 bits per heavy atom. The maximum Gasteiger partial charge on any atom is 0.255 e. The minimum absolute atomic E-state index is 0.194. The smallest absolute Gasteiger partial charge is 0.255 e. The Kier molecular flexibility index (Phi) is 6.94. The lowest BCUT2D eigenvalue weighted by Crippen LogP contribution is -2.27. The fraction of sp³-hybridized carbons (Fsp3) is 0.0968. The second-order valence-electron chi connectivity index (χ2n) is 9.03. The molecule has 0 spiro atoms. The van der Waals surface area contributed by atoms with Crippen LogP contribution in [0.25, 0.3) is 0 Å². The van der Waals surface area contributed by atoms with Crippen LogP contribution in [0.3, 0.4) is 0 Å². The van der Waals surface area contributed by atoms with Crippen LogP contribution in [0.5, 0.6) is 0 Å². The van der Waals surface area contributed by atoms with Gasteiger partial charge in [-0.2, -0.15) is 0 Å². The third-order valence-corrected chi connectivity index (χ3v) is 7.43. The van der Waals surface area contributed by atoms with Crippen LogP contribution in [0.4, 0.5) is 11.4 Å². The standard InChI is InChI=1S/C31H24N2O4S/c1-18-10-12-20(13-11-18)31(37)32-21-14-16-22(17-15-21)38-19(2)30(36)33-26-9-5-8-25-27(26)29(35)24-7-4-3-6-23(24)28(25)34/h3-17,19H,1-2H3,(H,32,37)(H,33,36). The Balaban J connectivity index is 1.25. The van der Waals surface area contributed by atoms with Crippen molar-refractivity contribution < 1.29 is 19.2 Å². The molecule has 0 radical (unpaired) electrons. The first-order valence-corrected chi connectivity index (χ1v) is 13.0. The lowest BCUT2D eigenvalue weighted by molar-refractivity contribution is -0.115. The molecular formula is C31H24N2O4S. The highest BCUT2D eigenvalue weighted by Gasteiger charge is 2.32. The van der Waals surface area contributed by atoms with Crippen molar-refractivity contribution >= 4 is 46.5 Å². The fourth-order valence-electron chi connectivity index (χ4n) is 4.27. The largest absolute Gasteiger partial charge is 0.324 e. The number of hydrogen-bond acceptors (Lipinski definition) is 5. The van der Waals surface area contributed by atoms with Crippen LogP contribution >= 0.6 is 11.8 Å². The summed E-state index contributed by atoms with van der Waals surface area (Å²) in [6, 6.07) is 26.2. The summed E-state index contributed by atoms with van der Waals surface area (Å²) in [7, 11) is 0. The van der Waals surface area contributed by atoms with Gasteiger partial charge in [0.1, 0.15) is 0 Å². The molecular weight excluding hydrogens is 496 g/mol. The van der Waals surface area contributed by atoms with Gasteiger partial charge in [0, 0.05) is 32.8 Å². The molecule has 1 aliphatic carbocycles. The van der Waals surface area contributed by atoms with Crippen LogP contribution in [0.15, 0.2) is 95.9 Å². The maximum absolute atomic E-state index is 13.2. The summed E-state index contributed by atoms with van der Waals surface area (Å²) in [5.74, 6) is -1.00. The van der Waals surface area contributed by atoms with Gasteiger partial charge in [0.2, 0.25) is 5.91 Å². The quantitative estimate of drug-likeness (QED) is 0.262. The van der Waals surface area contributed by atoms with Crippen LogP contribution in [0.2, 0.25) is 0 Å². The van der Waals surface area contributed by atoms with Gasteiger partial charge in [0.05, 0.1) is 16.5 Å². The number of aryl methyl sites for hydroxylation is 1. The normalized spacial score (nSPS) is 12.8. The van der Waals surface area contributed by atoms with Gasteiger partial charge in [0.25, 0.3) is 5.91 Å². The first-order valence-electron chi connectivity index (χ1n) is 12.1. The SMILES string of the molecule is Cc1ccc(C(=O)Nc2ccc(SC(C)C(=O)Nc3cccc4c3C(=O)c3ccccc3C4=O)cc2)cc1. The van der Waals surface area contributed by atoms with Crippen molar-refractivity contribution in [1.29, 1.82) is 0 Å². The molecule has 1 unspecified atom stereocenters. The van der Waals surface area contributed by atoms with Gasteiger partial charge in [-0.3, -0.25) is 19.2 Å². The number of hydrogen-bond donors (Lipinski definition) is 2. The molecule has 2 amide bonds. The van der Waals surface area contributed by atoms with Crippen LogP contribution < -0.4 is 10.6 Å². The molecule has 0 fully saturated rings. The first kappa shape index (κ1) is 25.2. The highest BCUT2D eigenvalue weighted by Crippen LogP contribution is 2.33. The number of ketones is 2. The number of rotatable bonds is 6. The van der Waals surface area contributed by atoms with Crippen molar-refractivity contribution in [2.45, 2.75) is 24.0 Å². The molecule has 0 aromatic heterocycles. The molecule has 2 N–H and O–H groups in total. The number of carbonyl (C=O) groups is 4. The average Bonchev–Trinajstić information content (AvgIpc) is 2.93. The molecule has 0 heterocycles. The zero-order chi connectivity index (χ0) is 26.8. The molecule has 0 bridgehead atoms. The van der Waals surface area contributed by atoms with Gasteiger partial charge in [-0.05, 0) is 56.3 Å². The molecule has 6 nitrogen and oxygen atoms in total. The highest BCUT2D eigenvalue weighted by atomic mass is 32.2. The van der Waals surface area contributed by atoms with Crippen molar-refractivity contribution in [3.05, 3.63) is 124 Å². The van der Waals surface area contributed by atoms with E-state index in [1.165, 1.54) is 11.8 Å². The molecule has 5 rings (SSSR count). The van der Waals surface area contributed by atoms with Gasteiger partial charge in [-0.15, -0.1) is 11.8 Å². The number of carbonyl (C=O) groups excluding carboxylic acids is 4. The summed E-state index contributed by atoms with van der Waals surface area (Å²) in [6.45, 7) is 3.73. The monoisotopic (exact) mass is 520 g/mol. The predicted octanol–water partition coefficient (Wildman–Crippen LogP) is 6.14. The van der Waals surface area contributed by atoms with E-state index in [1.54, 1.807) is 73.7 Å². The summed E-state index contributed by atoms with van der Waals surface area (Å²) in [5.41, 5.74) is 3.84. The molecule has 4 aromatic carbocycles. The van der Waals surface area contributed by atoms with Crippen molar-refractivity contribution in [3.8, 4) is 0 Å². The molecule has 188 valence electrons. The summed E-state index contributed by atoms with van der Waals surface area (Å²) < 4.78 is 0. The Morgan fingerprint density at radius 3 is 2.03 bits per heavy atom. The predicted molar refractivity (Wildman–Crippen MR) is 149 cm³/mol. The van der Waals surface area contributed by atoms with E-state index in [-0.39, 0.29) is 34.5 Å². The summed E-state index contributed by atoms with van der Waals surface area (Å²) >= 11 is 1.35. The van der Waals surface area contributed by atoms with Crippen molar-refractivity contribution in [3.63, 3.8) is 0 Å². The van der Waals surface area contributed by atoms with E-state index in [9.17, 15) is 19.2 Å². The number of benzene rings is 4. The minimum atomic E-state index is -0.486. The number of amides is 2. The molecule has 0 aliphatic heterocycles. The van der Waals surface area contributed by atoms with Gasteiger partial charge < -0.3 is 10.6 Å². The number of fused-ring (bicyclic) bond motifs is 2. The second kappa shape index (κ2) is 10.5. The minimum Gasteiger partial charge on any atom is -0.324 e. The summed E-state index contributed by atoms with van der Waals surface area (Å²) in [6.07, 6.45) is 0. The van der Waals surface area contributed by atoms with Crippen molar-refractivity contribution in [2.24, 2.45) is 0 Å². The molecule has 0 saturated heterocycles. The summed E-state index contributed by atoms with van der Waals surface area (Å²) in [5, 5.41) is 5.23. The van der Waals surface area contributed by atoms with E-state index in [2.05, 4.69) is 10.6 Å². The Hall–Kier alpha value is -4.49. The number of anilines is 2. The van der Waals surface area contributed by atoms with E-state index in [1.807, 2.05) is 31.2 Å². The van der Waals surface area contributed by atoms with E-state index < -0.39 is 5.25 Å². The first-order chi connectivity index (χ1) is 18.3. The topological polar surface area (TPSA) is 92.3 Å². The van der Waals surface area contributed by atoms with Crippen LogP contribution in [0.1, 0.15) is 54.7 Å². The lowest BCUT2D eigenvalue weighted by Gasteiger charge is -2.21. The Labute approximate surface area is 224 Å². The molecule has 7 heteroatoms. The highest BCUT2D eigenvalue weighted by molar-refractivity contribution is 8.00. The maximum atomic E-state index is 13.2. The van der Waals surface area contributed by atoms with E-state index >= 15 is 0 Å². The lowest BCUT2D eigenvalue weighted by atomic mass is 9.83. The number of thioether (sulfide) groups is 1. The third kappa shape index (κ3) is 5.01. The van der Waals surface area contributed by atoms with Gasteiger partial charge >= 0.3 is 0 Å². The van der Waals surface area contributed by atoms with E-state index in [0.29, 0.717) is 28.1 Å². The zero-order valence-electron chi connectivity index (χ0n) is 20.8. The molecule has 38 heavy (non-hydrogen) atoms. The van der Waals surface area contributed by atoms with Gasteiger partial charge in [-0.1, -0.05) is 54.1 Å². The van der Waals surface area contributed by atoms with Crippen molar-refractivity contribution in [2.75, 3.05) is 10.6 Å². The van der Waals surface area contributed by atoms with Crippen molar-refractivity contribution in [1.82, 2.24) is 0 Å². The van der Waals surface area contributed by atoms with E-state index in [4.69, 9.17) is 0 Å². The molecule has 1 aliphatic rings. The number of nitrogens with one attached hydrogen (secondary N) is 2. The fourth-order valence-corrected chi connectivity index (χ4v) is 5.13. The van der Waals surface area contributed by atoms with Crippen LogP contribution in [-0.2, 0) is 4.79 Å². The average molecular weight is 521 g/mol. The summed E-state index contributed by atoms with van der Waals surface area (Å²) in [4.78, 5) is 52.5. The molecule has 0 saturated carbocycles. The third-order valence-electron chi connectivity index (χ3n) is 6.32.